The lowest BCUT2D eigenvalue weighted by Crippen LogP contribution is -2.58. The van der Waals surface area contributed by atoms with E-state index < -0.39 is 59.5 Å². The molecular weight excluding hydrogens is 654 g/mol. The zero-order chi connectivity index (χ0) is 32.7. The number of ether oxygens (including phenoxy) is 2. The number of esters is 1. The topological polar surface area (TPSA) is 125 Å². The number of halogens is 1. The van der Waals surface area contributed by atoms with Gasteiger partial charge in [0.15, 0.2) is 0 Å². The van der Waals surface area contributed by atoms with Crippen LogP contribution in [0.1, 0.15) is 42.5 Å². The Labute approximate surface area is 276 Å². The van der Waals surface area contributed by atoms with E-state index in [0.717, 1.165) is 16.7 Å². The fourth-order valence-corrected chi connectivity index (χ4v) is 8.13. The number of rotatable bonds is 4. The van der Waals surface area contributed by atoms with Crippen LogP contribution in [0.25, 0.3) is 0 Å². The number of para-hydroxylation sites is 1. The van der Waals surface area contributed by atoms with Gasteiger partial charge in [-0.1, -0.05) is 76.6 Å². The van der Waals surface area contributed by atoms with Gasteiger partial charge in [0.2, 0.25) is 11.8 Å². The summed E-state index contributed by atoms with van der Waals surface area (Å²) in [4.78, 5) is 59.5. The normalized spacial score (nSPS) is 31.3. The molecule has 4 aliphatic rings. The Kier molecular flexibility index (Phi) is 8.93. The number of benzene rings is 2. The van der Waals surface area contributed by atoms with Crippen LogP contribution in [0.15, 0.2) is 71.2 Å². The molecule has 2 saturated heterocycles. The van der Waals surface area contributed by atoms with E-state index in [1.54, 1.807) is 17.9 Å². The van der Waals surface area contributed by atoms with Crippen LogP contribution >= 0.6 is 15.9 Å². The van der Waals surface area contributed by atoms with E-state index in [-0.39, 0.29) is 32.1 Å². The standard InChI is InChI=1S/C35H38BrN3O7/c1-20-11-10-12-21(2)29(20)38-16-9-5-8-15-26(41)45-19-25(23-13-6-4-7-14-23)37-32(42)27-28-33(43)39(22(3)18-40)31(34(38)44)35(28)17-24(36)30(27)46-35/h4-7,9-14,17,22,25,27-28,30-31,40H,8,15-16,18-19H2,1-3H3,(H,37,42)/b9-5-/t22-,25-,27-,28+,30-,31-,35+/m1/s1. The molecule has 6 rings (SSSR count). The number of amides is 3. The highest BCUT2D eigenvalue weighted by Crippen LogP contribution is 2.59. The van der Waals surface area contributed by atoms with Crippen LogP contribution in [0.2, 0.25) is 0 Å². The molecule has 1 spiro atoms. The number of aryl methyl sites for hydroxylation is 2. The molecule has 242 valence electrons. The Morgan fingerprint density at radius 2 is 1.74 bits per heavy atom. The minimum Gasteiger partial charge on any atom is -0.463 e. The number of aliphatic hydroxyl groups excluding tert-OH is 1. The maximum absolute atomic E-state index is 15.0. The van der Waals surface area contributed by atoms with Crippen molar-refractivity contribution in [1.29, 1.82) is 0 Å². The molecule has 0 aromatic heterocycles. The highest BCUT2D eigenvalue weighted by atomic mass is 79.9. The third-order valence-corrected chi connectivity index (χ3v) is 10.2. The molecule has 5 bridgehead atoms. The molecule has 11 heteroatoms. The highest BCUT2D eigenvalue weighted by Gasteiger charge is 2.75. The fourth-order valence-electron chi connectivity index (χ4n) is 7.39. The van der Waals surface area contributed by atoms with Crippen LogP contribution in [0.4, 0.5) is 5.69 Å². The van der Waals surface area contributed by atoms with Crippen molar-refractivity contribution in [3.63, 3.8) is 0 Å². The third kappa shape index (κ3) is 5.38. The summed E-state index contributed by atoms with van der Waals surface area (Å²) in [7, 11) is 0. The van der Waals surface area contributed by atoms with Crippen molar-refractivity contribution in [2.45, 2.75) is 63.4 Å². The highest BCUT2D eigenvalue weighted by molar-refractivity contribution is 9.11. The van der Waals surface area contributed by atoms with Gasteiger partial charge >= 0.3 is 5.97 Å². The molecule has 10 nitrogen and oxygen atoms in total. The van der Waals surface area contributed by atoms with Crippen molar-refractivity contribution >= 4 is 45.3 Å². The summed E-state index contributed by atoms with van der Waals surface area (Å²) in [6.07, 6.45) is 5.15. The van der Waals surface area contributed by atoms with Crippen molar-refractivity contribution in [2.75, 3.05) is 24.7 Å². The monoisotopic (exact) mass is 691 g/mol. The Morgan fingerprint density at radius 1 is 1.02 bits per heavy atom. The summed E-state index contributed by atoms with van der Waals surface area (Å²) >= 11 is 3.59. The Hall–Kier alpha value is -3.80. The Balaban J connectivity index is 1.49. The molecule has 0 unspecified atom stereocenters. The van der Waals surface area contributed by atoms with Crippen molar-refractivity contribution in [2.24, 2.45) is 11.8 Å². The van der Waals surface area contributed by atoms with Gasteiger partial charge in [0, 0.05) is 23.1 Å². The second-order valence-electron chi connectivity index (χ2n) is 12.5. The van der Waals surface area contributed by atoms with Gasteiger partial charge in [-0.2, -0.15) is 0 Å². The van der Waals surface area contributed by atoms with E-state index in [2.05, 4.69) is 21.2 Å². The first-order valence-electron chi connectivity index (χ1n) is 15.6. The lowest BCUT2D eigenvalue weighted by Gasteiger charge is -2.38. The van der Waals surface area contributed by atoms with E-state index in [9.17, 15) is 24.3 Å². The van der Waals surface area contributed by atoms with Crippen molar-refractivity contribution < 1.29 is 33.8 Å². The van der Waals surface area contributed by atoms with Gasteiger partial charge in [-0.15, -0.1) is 0 Å². The van der Waals surface area contributed by atoms with Gasteiger partial charge in [-0.05, 0) is 50.0 Å². The van der Waals surface area contributed by atoms with Gasteiger partial charge in [0.1, 0.15) is 24.4 Å². The van der Waals surface area contributed by atoms with E-state index in [1.165, 1.54) is 4.90 Å². The number of likely N-dealkylation sites (tertiary alicyclic amines) is 1. The van der Waals surface area contributed by atoms with Gasteiger partial charge in [0.25, 0.3) is 5.91 Å². The maximum Gasteiger partial charge on any atom is 0.306 e. The third-order valence-electron chi connectivity index (χ3n) is 9.51. The zero-order valence-electron chi connectivity index (χ0n) is 26.0. The summed E-state index contributed by atoms with van der Waals surface area (Å²) in [5, 5.41) is 13.3. The van der Waals surface area contributed by atoms with Crippen LogP contribution in [0.5, 0.6) is 0 Å². The molecule has 46 heavy (non-hydrogen) atoms. The van der Waals surface area contributed by atoms with Gasteiger partial charge in [-0.3, -0.25) is 19.2 Å². The summed E-state index contributed by atoms with van der Waals surface area (Å²) < 4.78 is 12.8. The number of hydrogen-bond donors (Lipinski definition) is 2. The number of aliphatic hydroxyl groups is 1. The number of fused-ring (bicyclic) bond motifs is 2. The molecule has 4 heterocycles. The van der Waals surface area contributed by atoms with Gasteiger partial charge in [0.05, 0.1) is 30.5 Å². The largest absolute Gasteiger partial charge is 0.463 e. The van der Waals surface area contributed by atoms with E-state index in [1.807, 2.05) is 74.5 Å². The predicted molar refractivity (Wildman–Crippen MR) is 174 cm³/mol. The molecule has 0 radical (unpaired) electrons. The quantitative estimate of drug-likeness (QED) is 0.371. The molecule has 0 saturated carbocycles. The molecule has 3 amide bonds. The second-order valence-corrected chi connectivity index (χ2v) is 13.4. The molecule has 2 aromatic carbocycles. The minimum absolute atomic E-state index is 0.0908. The summed E-state index contributed by atoms with van der Waals surface area (Å²) in [6, 6.07) is 12.4. The first-order chi connectivity index (χ1) is 22.1. The van der Waals surface area contributed by atoms with E-state index >= 15 is 0 Å². The van der Waals surface area contributed by atoms with Crippen LogP contribution in [0.3, 0.4) is 0 Å². The maximum atomic E-state index is 15.0. The number of allylic oxidation sites excluding steroid dienone is 1. The Bertz CT molecular complexity index is 1590. The first kappa shape index (κ1) is 32.2. The molecule has 2 fully saturated rings. The van der Waals surface area contributed by atoms with Gasteiger partial charge in [-0.25, -0.2) is 0 Å². The number of nitrogens with one attached hydrogen (secondary N) is 1. The number of hydrogen-bond acceptors (Lipinski definition) is 7. The van der Waals surface area contributed by atoms with E-state index in [0.29, 0.717) is 16.6 Å². The minimum atomic E-state index is -1.45. The van der Waals surface area contributed by atoms with Crippen LogP contribution < -0.4 is 10.2 Å². The zero-order valence-corrected chi connectivity index (χ0v) is 27.6. The summed E-state index contributed by atoms with van der Waals surface area (Å²) in [5.41, 5.74) is 1.72. The molecular formula is C35H38BrN3O7. The summed E-state index contributed by atoms with van der Waals surface area (Å²) in [5.74, 6) is -3.69. The molecule has 2 aromatic rings. The van der Waals surface area contributed by atoms with Crippen molar-refractivity contribution in [3.05, 3.63) is 87.9 Å². The average molecular weight is 693 g/mol. The van der Waals surface area contributed by atoms with Crippen molar-refractivity contribution in [1.82, 2.24) is 10.2 Å². The lowest BCUT2D eigenvalue weighted by molar-refractivity contribution is -0.146. The lowest BCUT2D eigenvalue weighted by atomic mass is 9.74. The summed E-state index contributed by atoms with van der Waals surface area (Å²) in [6.45, 7) is 5.22. The van der Waals surface area contributed by atoms with Crippen LogP contribution in [-0.2, 0) is 28.7 Å². The molecule has 7 atom stereocenters. The van der Waals surface area contributed by atoms with Crippen LogP contribution in [-0.4, -0.2) is 77.2 Å². The van der Waals surface area contributed by atoms with E-state index in [4.69, 9.17) is 9.47 Å². The van der Waals surface area contributed by atoms with Crippen molar-refractivity contribution in [3.8, 4) is 0 Å². The first-order valence-corrected chi connectivity index (χ1v) is 16.4. The second kappa shape index (κ2) is 12.8. The Morgan fingerprint density at radius 3 is 2.43 bits per heavy atom. The number of nitrogens with zero attached hydrogens (tertiary/aromatic N) is 2. The number of cyclic esters (lactones) is 1. The number of carbonyl (C=O) groups is 4. The molecule has 4 aliphatic heterocycles. The number of carbonyl (C=O) groups excluding carboxylic acids is 4. The molecule has 0 aliphatic carbocycles. The predicted octanol–water partition coefficient (Wildman–Crippen LogP) is 3.64. The SMILES string of the molecule is Cc1cccc(C)c1N1C/C=C\CCC(=O)OC[C@H](c2ccccc2)NC(=O)[C@H]2[C@@H]3O[C@@]4(C=C3Br)[C@@H]2C(=O)N([C@H](C)CO)[C@@H]4C1=O. The van der Waals surface area contributed by atoms with Crippen LogP contribution in [0, 0.1) is 25.7 Å². The fraction of sp³-hybridized carbons (Fsp3) is 0.429. The average Bonchev–Trinajstić information content (AvgIpc) is 3.64. The molecule has 2 N–H and O–H groups in total. The van der Waals surface area contributed by atoms with Gasteiger partial charge < -0.3 is 29.7 Å². The number of anilines is 1. The smallest absolute Gasteiger partial charge is 0.306 e.